The zero-order chi connectivity index (χ0) is 28.6. The van der Waals surface area contributed by atoms with Gasteiger partial charge in [-0.25, -0.2) is 9.78 Å². The Balaban J connectivity index is 1.07. The molecule has 0 unspecified atom stereocenters. The lowest BCUT2D eigenvalue weighted by Crippen LogP contribution is -2.70. The van der Waals surface area contributed by atoms with Crippen molar-refractivity contribution < 1.29 is 28.7 Å². The molecule has 4 heterocycles. The highest BCUT2D eigenvalue weighted by Gasteiger charge is 2.69. The third-order valence-electron chi connectivity index (χ3n) is 9.01. The van der Waals surface area contributed by atoms with Crippen molar-refractivity contribution in [2.24, 2.45) is 28.8 Å². The van der Waals surface area contributed by atoms with Crippen molar-refractivity contribution in [3.8, 4) is 11.5 Å². The van der Waals surface area contributed by atoms with Gasteiger partial charge in [-0.05, 0) is 99.1 Å². The predicted octanol–water partition coefficient (Wildman–Crippen LogP) is 5.99. The summed E-state index contributed by atoms with van der Waals surface area (Å²) >= 11 is 5.36. The average Bonchev–Trinajstić information content (AvgIpc) is 3.18. The molecule has 4 aliphatic heterocycles. The lowest BCUT2D eigenvalue weighted by atomic mass is 9.58. The Morgan fingerprint density at radius 2 is 1.90 bits per heavy atom. The molecule has 1 aliphatic carbocycles. The van der Waals surface area contributed by atoms with Gasteiger partial charge in [0, 0.05) is 30.0 Å². The molecule has 7 rings (SSSR count). The second-order valence-corrected chi connectivity index (χ2v) is 12.2. The van der Waals surface area contributed by atoms with Gasteiger partial charge in [-0.3, -0.25) is 5.43 Å². The Bertz CT molecular complexity index is 1280. The Kier molecular flexibility index (Phi) is 7.95. The lowest BCUT2D eigenvalue weighted by Gasteiger charge is -2.60. The molecule has 220 valence electrons. The number of hydrogen-bond acceptors (Lipinski definition) is 8. The van der Waals surface area contributed by atoms with E-state index in [1.54, 1.807) is 6.21 Å². The molecular weight excluding hydrogens is 542 g/mol. The number of hydrogen-bond donors (Lipinski definition) is 2. The minimum absolute atomic E-state index is 0.101. The van der Waals surface area contributed by atoms with Gasteiger partial charge in [-0.15, -0.1) is 0 Å². The summed E-state index contributed by atoms with van der Waals surface area (Å²) in [5, 5.41) is 7.75. The van der Waals surface area contributed by atoms with Gasteiger partial charge >= 0.3 is 0 Å². The van der Waals surface area contributed by atoms with E-state index in [-0.39, 0.29) is 11.8 Å². The largest absolute Gasteiger partial charge is 0.494 e. The molecule has 5 aliphatic rings. The standard InChI is InChI=1S/C31H39N3O6S/c1-5-35-24-8-6-7-22(17-24)33-29(41)34-32-18-21-10-12-23(13-11-21)36-27-20(3)26-14-9-19(2)25-15-16-30(4)38-28(37-27)31(25,26)40-39-30/h6-8,10-13,17-20,25-28H,5,9,14-16H2,1-4H3,(H2,33,34,41)/b32-18+/t19-,20-,25+,26+,27+,28-,30-,31-/m1/s1. The van der Waals surface area contributed by atoms with Crippen LogP contribution >= 0.6 is 12.2 Å². The van der Waals surface area contributed by atoms with E-state index in [1.165, 1.54) is 0 Å². The number of ether oxygens (including phenoxy) is 4. The first-order valence-electron chi connectivity index (χ1n) is 14.6. The predicted molar refractivity (Wildman–Crippen MR) is 158 cm³/mol. The van der Waals surface area contributed by atoms with Crippen molar-refractivity contribution in [1.82, 2.24) is 5.43 Å². The maximum Gasteiger partial charge on any atom is 0.205 e. The Labute approximate surface area is 246 Å². The van der Waals surface area contributed by atoms with E-state index in [0.29, 0.717) is 23.6 Å². The quantitative estimate of drug-likeness (QED) is 0.177. The van der Waals surface area contributed by atoms with Crippen LogP contribution in [0.15, 0.2) is 53.6 Å². The lowest BCUT2D eigenvalue weighted by molar-refractivity contribution is -0.575. The summed E-state index contributed by atoms with van der Waals surface area (Å²) in [6, 6.07) is 15.3. The molecule has 0 aromatic heterocycles. The van der Waals surface area contributed by atoms with Crippen LogP contribution in [0.25, 0.3) is 0 Å². The summed E-state index contributed by atoms with van der Waals surface area (Å²) in [5.41, 5.74) is 3.97. The van der Waals surface area contributed by atoms with E-state index in [2.05, 4.69) is 29.7 Å². The van der Waals surface area contributed by atoms with Crippen LogP contribution in [-0.4, -0.2) is 41.9 Å². The minimum atomic E-state index is -0.803. The normalized spacial score (nSPS) is 35.8. The highest BCUT2D eigenvalue weighted by molar-refractivity contribution is 7.80. The van der Waals surface area contributed by atoms with Crippen molar-refractivity contribution in [3.05, 3.63) is 54.1 Å². The van der Waals surface area contributed by atoms with Gasteiger partial charge in [0.1, 0.15) is 11.5 Å². The minimum Gasteiger partial charge on any atom is -0.494 e. The van der Waals surface area contributed by atoms with Crippen LogP contribution in [0.1, 0.15) is 58.9 Å². The van der Waals surface area contributed by atoms with Gasteiger partial charge < -0.3 is 24.3 Å². The van der Waals surface area contributed by atoms with Crippen molar-refractivity contribution in [1.29, 1.82) is 0 Å². The molecular formula is C31H39N3O6S. The first-order valence-corrected chi connectivity index (χ1v) is 15.0. The van der Waals surface area contributed by atoms with Crippen LogP contribution in [0.5, 0.6) is 11.5 Å². The Morgan fingerprint density at radius 1 is 1.07 bits per heavy atom. The molecule has 2 N–H and O–H groups in total. The topological polar surface area (TPSA) is 91.8 Å². The summed E-state index contributed by atoms with van der Waals surface area (Å²) < 4.78 is 24.9. The van der Waals surface area contributed by atoms with Crippen molar-refractivity contribution >= 4 is 29.2 Å². The zero-order valence-electron chi connectivity index (χ0n) is 24.0. The van der Waals surface area contributed by atoms with Gasteiger partial charge in [-0.1, -0.05) is 19.9 Å². The van der Waals surface area contributed by atoms with E-state index < -0.39 is 24.0 Å². The van der Waals surface area contributed by atoms with Crippen molar-refractivity contribution in [2.75, 3.05) is 11.9 Å². The monoisotopic (exact) mass is 581 g/mol. The van der Waals surface area contributed by atoms with Crippen LogP contribution in [0, 0.1) is 23.7 Å². The molecule has 2 aromatic carbocycles. The third-order valence-corrected chi connectivity index (χ3v) is 9.21. The number of benzene rings is 2. The smallest absolute Gasteiger partial charge is 0.205 e. The molecule has 5 fully saturated rings. The molecule has 0 radical (unpaired) electrons. The summed E-state index contributed by atoms with van der Waals surface area (Å²) in [5.74, 6) is 1.86. The van der Waals surface area contributed by atoms with Crippen LogP contribution < -0.4 is 20.2 Å². The van der Waals surface area contributed by atoms with E-state index in [9.17, 15) is 0 Å². The second kappa shape index (κ2) is 11.5. The second-order valence-electron chi connectivity index (χ2n) is 11.7. The third kappa shape index (κ3) is 5.56. The van der Waals surface area contributed by atoms with Crippen LogP contribution in [0.3, 0.4) is 0 Å². The summed E-state index contributed by atoms with van der Waals surface area (Å²) in [6.45, 7) is 8.99. The number of rotatable bonds is 7. The molecule has 41 heavy (non-hydrogen) atoms. The highest BCUT2D eigenvalue weighted by atomic mass is 32.1. The van der Waals surface area contributed by atoms with Gasteiger partial charge in [0.25, 0.3) is 0 Å². The molecule has 9 nitrogen and oxygen atoms in total. The van der Waals surface area contributed by atoms with E-state index in [4.69, 9.17) is 40.9 Å². The van der Waals surface area contributed by atoms with E-state index >= 15 is 0 Å². The number of nitrogens with zero attached hydrogens (tertiary/aromatic N) is 1. The number of fused-ring (bicyclic) bond motifs is 2. The molecule has 2 aromatic rings. The summed E-state index contributed by atoms with van der Waals surface area (Å²) in [4.78, 5) is 12.1. The SMILES string of the molecule is CCOc1cccc(NC(=S)N/N=C/c2ccc(O[C@H]3O[C@@H]4O[C@@]5(C)CC[C@H]6[C@H](C)CC[C@@H]([C@H]3C)[C@@]46OO5)cc2)c1. The van der Waals surface area contributed by atoms with Gasteiger partial charge in [0.2, 0.25) is 12.1 Å². The zero-order valence-corrected chi connectivity index (χ0v) is 24.8. The summed E-state index contributed by atoms with van der Waals surface area (Å²) in [7, 11) is 0. The van der Waals surface area contributed by atoms with E-state index in [0.717, 1.165) is 48.4 Å². The van der Waals surface area contributed by atoms with Crippen LogP contribution in [-0.2, 0) is 19.2 Å². The van der Waals surface area contributed by atoms with Crippen molar-refractivity contribution in [2.45, 2.75) is 77.3 Å². The molecule has 8 atom stereocenters. The molecule has 2 bridgehead atoms. The van der Waals surface area contributed by atoms with Crippen LogP contribution in [0.2, 0.25) is 0 Å². The maximum atomic E-state index is 6.54. The number of thiocarbonyl (C=S) groups is 1. The molecule has 1 spiro atoms. The number of anilines is 1. The van der Waals surface area contributed by atoms with Gasteiger partial charge in [0.15, 0.2) is 17.0 Å². The molecule has 10 heteroatoms. The van der Waals surface area contributed by atoms with Gasteiger partial charge in [0.05, 0.1) is 12.8 Å². The molecule has 4 saturated heterocycles. The molecule has 0 amide bonds. The van der Waals surface area contributed by atoms with Crippen molar-refractivity contribution in [3.63, 3.8) is 0 Å². The first-order chi connectivity index (χ1) is 19.8. The number of hydrazone groups is 1. The highest BCUT2D eigenvalue weighted by Crippen LogP contribution is 2.60. The summed E-state index contributed by atoms with van der Waals surface area (Å²) in [6.07, 6.45) is 4.69. The van der Waals surface area contributed by atoms with Crippen LogP contribution in [0.4, 0.5) is 5.69 Å². The van der Waals surface area contributed by atoms with E-state index in [1.807, 2.05) is 62.4 Å². The molecule has 1 saturated carbocycles. The Hall–Kier alpha value is -2.76. The number of nitrogens with one attached hydrogen (secondary N) is 2. The fourth-order valence-electron chi connectivity index (χ4n) is 6.93. The Morgan fingerprint density at radius 3 is 2.71 bits per heavy atom. The fraction of sp³-hybridized carbons (Fsp3) is 0.548. The average molecular weight is 582 g/mol. The maximum absolute atomic E-state index is 6.54. The van der Waals surface area contributed by atoms with Gasteiger partial charge in [-0.2, -0.15) is 5.10 Å². The first kappa shape index (κ1) is 28.4. The fourth-order valence-corrected chi connectivity index (χ4v) is 7.10.